The van der Waals surface area contributed by atoms with Crippen LogP contribution >= 0.6 is 8.17 Å². The summed E-state index contributed by atoms with van der Waals surface area (Å²) in [5, 5.41) is 0. The van der Waals surface area contributed by atoms with Crippen LogP contribution in [-0.2, 0) is 14.1 Å². The Morgan fingerprint density at radius 2 is 2.25 bits per heavy atom. The van der Waals surface area contributed by atoms with Crippen molar-refractivity contribution >= 4 is 14.1 Å². The van der Waals surface area contributed by atoms with Gasteiger partial charge < -0.3 is 15.4 Å². The Balaban J connectivity index is 1.88. The van der Waals surface area contributed by atoms with Crippen molar-refractivity contribution in [2.75, 3.05) is 6.61 Å². The molecule has 2 atom stereocenters. The number of nitrogens with two attached hydrogens (primary N) is 1. The fourth-order valence-electron chi connectivity index (χ4n) is 2.13. The van der Waals surface area contributed by atoms with Crippen molar-refractivity contribution in [3.05, 3.63) is 24.0 Å². The first kappa shape index (κ1) is 15.4. The number of amides is 1. The lowest BCUT2D eigenvalue weighted by Crippen LogP contribution is -2.30. The Bertz CT molecular complexity index is 433. The Morgan fingerprint density at radius 3 is 2.90 bits per heavy atom. The van der Waals surface area contributed by atoms with Gasteiger partial charge in [0.2, 0.25) is 5.91 Å². The average molecular weight is 305 g/mol. The van der Waals surface area contributed by atoms with E-state index in [1.165, 1.54) is 0 Å². The molecule has 0 aromatic rings. The van der Waals surface area contributed by atoms with Gasteiger partial charge in [-0.25, -0.2) is 0 Å². The second kappa shape index (κ2) is 6.17. The number of hydrogen-bond donors (Lipinski definition) is 4. The summed E-state index contributed by atoms with van der Waals surface area (Å²) in [4.78, 5) is 39.1. The highest BCUT2D eigenvalue weighted by Gasteiger charge is 2.37. The van der Waals surface area contributed by atoms with Gasteiger partial charge in [0.05, 0.1) is 6.10 Å². The summed E-state index contributed by atoms with van der Waals surface area (Å²) in [5.74, 6) is -0.465. The fraction of sp³-hybridized carbons (Fsp3) is 0.545. The van der Waals surface area contributed by atoms with Gasteiger partial charge in [0, 0.05) is 18.0 Å². The van der Waals surface area contributed by atoms with Crippen LogP contribution in [0, 0.1) is 0 Å². The molecule has 20 heavy (non-hydrogen) atoms. The molecule has 2 rings (SSSR count). The lowest BCUT2D eigenvalue weighted by Gasteiger charge is -2.26. The van der Waals surface area contributed by atoms with Crippen LogP contribution in [0.2, 0.25) is 0 Å². The zero-order chi connectivity index (χ0) is 14.8. The van der Waals surface area contributed by atoms with E-state index >= 15 is 0 Å². The van der Waals surface area contributed by atoms with Gasteiger partial charge in [0.15, 0.2) is 0 Å². The van der Waals surface area contributed by atoms with Crippen molar-refractivity contribution in [3.8, 4) is 0 Å². The molecule has 8 nitrogen and oxygen atoms in total. The van der Waals surface area contributed by atoms with Crippen LogP contribution < -0.4 is 5.73 Å². The van der Waals surface area contributed by atoms with Crippen molar-refractivity contribution in [2.24, 2.45) is 5.73 Å². The van der Waals surface area contributed by atoms with Crippen LogP contribution in [-0.4, -0.2) is 44.4 Å². The Kier molecular flexibility index (Phi) is 4.74. The van der Waals surface area contributed by atoms with Crippen molar-refractivity contribution < 1.29 is 28.7 Å². The summed E-state index contributed by atoms with van der Waals surface area (Å²) in [6.45, 7) is -0.0995. The quantitative estimate of drug-likeness (QED) is 0.516. The van der Waals surface area contributed by atoms with Gasteiger partial charge in [-0.05, 0) is 19.3 Å². The number of carbonyl (C=O) groups excluding carboxylic acids is 1. The number of ether oxygens (including phenoxy) is 1. The molecule has 1 amide bonds. The van der Waals surface area contributed by atoms with Crippen molar-refractivity contribution in [1.29, 1.82) is 0 Å². The van der Waals surface area contributed by atoms with E-state index in [2.05, 4.69) is 4.52 Å². The molecule has 0 aromatic carbocycles. The van der Waals surface area contributed by atoms with E-state index in [-0.39, 0.29) is 18.9 Å². The molecule has 0 aliphatic carbocycles. The molecule has 0 bridgehead atoms. The third kappa shape index (κ3) is 4.24. The van der Waals surface area contributed by atoms with Gasteiger partial charge >= 0.3 is 8.17 Å². The molecule has 2 aliphatic heterocycles. The van der Waals surface area contributed by atoms with E-state index in [1.54, 1.807) is 11.1 Å². The number of primary amides is 1. The molecule has 112 valence electrons. The van der Waals surface area contributed by atoms with Gasteiger partial charge in [-0.3, -0.25) is 4.79 Å². The molecular formula is C11H18N2O6P+. The Labute approximate surface area is 116 Å². The minimum Gasteiger partial charge on any atom is -0.366 e. The first-order chi connectivity index (χ1) is 9.35. The van der Waals surface area contributed by atoms with Crippen LogP contribution in [0.4, 0.5) is 0 Å². The normalized spacial score (nSPS) is 26.8. The first-order valence-corrected chi connectivity index (χ1v) is 7.73. The van der Waals surface area contributed by atoms with Crippen LogP contribution in [0.1, 0.15) is 19.3 Å². The van der Waals surface area contributed by atoms with Crippen LogP contribution in [0.25, 0.3) is 0 Å². The van der Waals surface area contributed by atoms with E-state index in [1.807, 2.05) is 12.3 Å². The highest BCUT2D eigenvalue weighted by Crippen LogP contribution is 2.46. The van der Waals surface area contributed by atoms with Gasteiger partial charge in [0.1, 0.15) is 12.8 Å². The second-order valence-electron chi connectivity index (χ2n) is 4.65. The van der Waals surface area contributed by atoms with Crippen molar-refractivity contribution in [1.82, 2.24) is 4.90 Å². The van der Waals surface area contributed by atoms with Crippen molar-refractivity contribution in [3.63, 3.8) is 0 Å². The van der Waals surface area contributed by atoms with Crippen LogP contribution in [0.15, 0.2) is 24.0 Å². The largest absolute Gasteiger partial charge is 0.567 e. The SMILES string of the molecule is NC(=O)C1=CN([C@H]2CC[C@@H](CO[P+](O)(O)O)O2)C=CC1. The van der Waals surface area contributed by atoms with Crippen molar-refractivity contribution in [2.45, 2.75) is 31.6 Å². The fourth-order valence-corrected chi connectivity index (χ4v) is 2.50. The lowest BCUT2D eigenvalue weighted by molar-refractivity contribution is -0.114. The lowest BCUT2D eigenvalue weighted by atomic mass is 10.1. The minimum atomic E-state index is -4.22. The summed E-state index contributed by atoms with van der Waals surface area (Å²) in [6, 6.07) is 0. The maximum Gasteiger partial charge on any atom is 0.567 e. The molecule has 2 aliphatic rings. The molecule has 2 heterocycles. The zero-order valence-corrected chi connectivity index (χ0v) is 11.6. The smallest absolute Gasteiger partial charge is 0.366 e. The van der Waals surface area contributed by atoms with E-state index in [4.69, 9.17) is 25.2 Å². The predicted octanol–water partition coefficient (Wildman–Crippen LogP) is -0.249. The number of allylic oxidation sites excluding steroid dienone is 1. The van der Waals surface area contributed by atoms with E-state index in [0.29, 0.717) is 24.8 Å². The molecule has 0 saturated carbocycles. The minimum absolute atomic E-state index is 0.0995. The molecule has 0 radical (unpaired) electrons. The van der Waals surface area contributed by atoms with Gasteiger partial charge in [-0.2, -0.15) is 19.2 Å². The van der Waals surface area contributed by atoms with E-state index in [9.17, 15) is 4.79 Å². The molecule has 0 spiro atoms. The third-order valence-corrected chi connectivity index (χ3v) is 3.58. The van der Waals surface area contributed by atoms with E-state index < -0.39 is 14.1 Å². The average Bonchev–Trinajstić information content (AvgIpc) is 2.84. The number of carbonyl (C=O) groups is 1. The predicted molar refractivity (Wildman–Crippen MR) is 70.3 cm³/mol. The highest BCUT2D eigenvalue weighted by atomic mass is 31.2. The Morgan fingerprint density at radius 1 is 1.50 bits per heavy atom. The summed E-state index contributed by atoms with van der Waals surface area (Å²) >= 11 is 0. The molecule has 9 heteroatoms. The third-order valence-electron chi connectivity index (χ3n) is 3.09. The molecule has 5 N–H and O–H groups in total. The van der Waals surface area contributed by atoms with E-state index in [0.717, 1.165) is 0 Å². The number of hydrogen-bond acceptors (Lipinski definition) is 7. The second-order valence-corrected chi connectivity index (χ2v) is 5.94. The number of nitrogens with zero attached hydrogens (tertiary/aromatic N) is 1. The maximum absolute atomic E-state index is 11.1. The van der Waals surface area contributed by atoms with Gasteiger partial charge in [0.25, 0.3) is 0 Å². The standard InChI is InChI=1S/C11H17N2O6P/c12-11(14)8-2-1-5-13(6-8)10-4-3-9(19-10)7-18-20(15,16)17/h1,5-6,9-10,15-17H,2-4,7H2,(H-,12,14)/p+1/t9-,10+/m0/s1. The maximum atomic E-state index is 11.1. The molecule has 0 unspecified atom stereocenters. The summed E-state index contributed by atoms with van der Waals surface area (Å²) in [6.07, 6.45) is 6.50. The summed E-state index contributed by atoms with van der Waals surface area (Å²) < 4.78 is 10.2. The molecule has 1 saturated heterocycles. The molecule has 1 fully saturated rings. The van der Waals surface area contributed by atoms with Gasteiger partial charge in [-0.15, -0.1) is 0 Å². The topological polar surface area (TPSA) is 125 Å². The monoisotopic (exact) mass is 305 g/mol. The van der Waals surface area contributed by atoms with Crippen LogP contribution in [0.5, 0.6) is 0 Å². The zero-order valence-electron chi connectivity index (χ0n) is 10.8. The molecular weight excluding hydrogens is 287 g/mol. The highest BCUT2D eigenvalue weighted by molar-refractivity contribution is 7.53. The summed E-state index contributed by atoms with van der Waals surface area (Å²) in [7, 11) is -4.22. The summed E-state index contributed by atoms with van der Waals surface area (Å²) in [5.41, 5.74) is 5.74. The number of rotatable bonds is 5. The van der Waals surface area contributed by atoms with Gasteiger partial charge in [-0.1, -0.05) is 6.08 Å². The van der Waals surface area contributed by atoms with Crippen LogP contribution in [0.3, 0.4) is 0 Å². The first-order valence-electron chi connectivity index (χ1n) is 6.17. The Hall–Kier alpha value is -1.02. The molecule has 0 aromatic heterocycles.